The fraction of sp³-hybridized carbons (Fsp3) is 0.333. The second-order valence-electron chi connectivity index (χ2n) is 3.00. The summed E-state index contributed by atoms with van der Waals surface area (Å²) in [4.78, 5) is 15.5. The van der Waals surface area contributed by atoms with Crippen molar-refractivity contribution in [3.05, 3.63) is 24.5 Å². The van der Waals surface area contributed by atoms with Crippen LogP contribution in [0.15, 0.2) is 24.5 Å². The van der Waals surface area contributed by atoms with Crippen molar-refractivity contribution in [1.29, 1.82) is 0 Å². The zero-order valence-corrected chi connectivity index (χ0v) is 10.8. The Balaban J connectivity index is 0.00000112. The molecule has 2 heterocycles. The van der Waals surface area contributed by atoms with Crippen molar-refractivity contribution < 1.29 is 4.79 Å². The summed E-state index contributed by atoms with van der Waals surface area (Å²) in [7, 11) is 0. The van der Waals surface area contributed by atoms with Crippen LogP contribution in [0, 0.1) is 0 Å². The molecule has 2 N–H and O–H groups in total. The van der Waals surface area contributed by atoms with Crippen molar-refractivity contribution in [2.24, 2.45) is 0 Å². The summed E-state index contributed by atoms with van der Waals surface area (Å²) in [5.74, 6) is 1.73. The van der Waals surface area contributed by atoms with Crippen LogP contribution in [0.1, 0.15) is 0 Å². The number of rotatable bonds is 2. The van der Waals surface area contributed by atoms with Crippen molar-refractivity contribution in [3.63, 3.8) is 0 Å². The summed E-state index contributed by atoms with van der Waals surface area (Å²) in [6.45, 7) is 0. The van der Waals surface area contributed by atoms with E-state index in [4.69, 9.17) is 0 Å². The fourth-order valence-electron chi connectivity index (χ4n) is 1.23. The Bertz CT molecular complexity index is 320. The molecule has 1 saturated heterocycles. The van der Waals surface area contributed by atoms with Crippen LogP contribution in [0.25, 0.3) is 0 Å². The van der Waals surface area contributed by atoms with Crippen LogP contribution in [-0.4, -0.2) is 28.6 Å². The Labute approximate surface area is 111 Å². The molecule has 0 radical (unpaired) electrons. The van der Waals surface area contributed by atoms with Crippen LogP contribution in [0.3, 0.4) is 0 Å². The van der Waals surface area contributed by atoms with Crippen molar-refractivity contribution in [1.82, 2.24) is 10.3 Å². The summed E-state index contributed by atoms with van der Waals surface area (Å²) in [6, 6.07) is 3.49. The van der Waals surface area contributed by atoms with E-state index < -0.39 is 0 Å². The first-order valence-corrected chi connectivity index (χ1v) is 5.54. The number of halogens is 2. The smallest absolute Gasteiger partial charge is 0.242 e. The largest absolute Gasteiger partial charge is 0.325 e. The monoisotopic (exact) mass is 281 g/mol. The Morgan fingerprint density at radius 3 is 2.69 bits per heavy atom. The molecule has 2 rings (SSSR count). The maximum absolute atomic E-state index is 11.6. The van der Waals surface area contributed by atoms with Gasteiger partial charge in [-0.3, -0.25) is 15.1 Å². The highest BCUT2D eigenvalue weighted by Crippen LogP contribution is 2.11. The number of anilines is 1. The maximum atomic E-state index is 11.6. The summed E-state index contributed by atoms with van der Waals surface area (Å²) >= 11 is 1.74. The molecule has 16 heavy (non-hydrogen) atoms. The number of amides is 1. The van der Waals surface area contributed by atoms with E-state index in [1.165, 1.54) is 0 Å². The Morgan fingerprint density at radius 2 is 2.12 bits per heavy atom. The lowest BCUT2D eigenvalue weighted by atomic mass is 10.3. The van der Waals surface area contributed by atoms with Gasteiger partial charge >= 0.3 is 0 Å². The van der Waals surface area contributed by atoms with Crippen LogP contribution < -0.4 is 10.6 Å². The van der Waals surface area contributed by atoms with Gasteiger partial charge in [0.05, 0.1) is 6.04 Å². The molecule has 0 aromatic carbocycles. The highest BCUT2D eigenvalue weighted by molar-refractivity contribution is 7.99. The van der Waals surface area contributed by atoms with Crippen molar-refractivity contribution >= 4 is 48.2 Å². The summed E-state index contributed by atoms with van der Waals surface area (Å²) in [6.07, 6.45) is 3.32. The van der Waals surface area contributed by atoms with Crippen LogP contribution in [0.4, 0.5) is 5.69 Å². The Morgan fingerprint density at radius 1 is 1.44 bits per heavy atom. The van der Waals surface area contributed by atoms with Gasteiger partial charge in [0.1, 0.15) is 0 Å². The van der Waals surface area contributed by atoms with Crippen molar-refractivity contribution in [2.75, 3.05) is 16.9 Å². The highest BCUT2D eigenvalue weighted by atomic mass is 35.5. The SMILES string of the molecule is Cl.Cl.O=C(Nc1ccncc1)[C@H]1CSCN1. The second kappa shape index (κ2) is 7.73. The molecule has 0 bridgehead atoms. The first-order valence-electron chi connectivity index (χ1n) is 4.38. The molecule has 4 nitrogen and oxygen atoms in total. The molecular formula is C9H13Cl2N3OS. The van der Waals surface area contributed by atoms with Crippen LogP contribution >= 0.6 is 36.6 Å². The second-order valence-corrected chi connectivity index (χ2v) is 4.03. The zero-order valence-electron chi connectivity index (χ0n) is 8.38. The van der Waals surface area contributed by atoms with Crippen LogP contribution in [0.2, 0.25) is 0 Å². The normalized spacial score (nSPS) is 18.1. The van der Waals surface area contributed by atoms with Gasteiger partial charge in [0.2, 0.25) is 5.91 Å². The molecule has 1 atom stereocenters. The summed E-state index contributed by atoms with van der Waals surface area (Å²) in [5, 5.41) is 5.94. The molecule has 0 saturated carbocycles. The molecular weight excluding hydrogens is 269 g/mol. The van der Waals surface area contributed by atoms with Gasteiger partial charge in [-0.15, -0.1) is 36.6 Å². The number of aromatic nitrogens is 1. The highest BCUT2D eigenvalue weighted by Gasteiger charge is 2.22. The molecule has 7 heteroatoms. The number of nitrogens with one attached hydrogen (secondary N) is 2. The third-order valence-corrected chi connectivity index (χ3v) is 2.92. The quantitative estimate of drug-likeness (QED) is 0.863. The van der Waals surface area contributed by atoms with E-state index in [0.717, 1.165) is 17.3 Å². The Kier molecular flexibility index (Phi) is 7.49. The number of carbonyl (C=O) groups is 1. The number of pyridine rings is 1. The predicted octanol–water partition coefficient (Wildman–Crippen LogP) is 1.53. The number of thioether (sulfide) groups is 1. The summed E-state index contributed by atoms with van der Waals surface area (Å²) < 4.78 is 0. The van der Waals surface area contributed by atoms with E-state index in [2.05, 4.69) is 15.6 Å². The van der Waals surface area contributed by atoms with Crippen molar-refractivity contribution in [2.45, 2.75) is 6.04 Å². The molecule has 0 aliphatic carbocycles. The van der Waals surface area contributed by atoms with Gasteiger partial charge in [0.15, 0.2) is 0 Å². The van der Waals surface area contributed by atoms with Crippen molar-refractivity contribution in [3.8, 4) is 0 Å². The standard InChI is InChI=1S/C9H11N3OS.2ClH/c13-9(8-5-14-6-11-8)12-7-1-3-10-4-2-7;;/h1-4,8,11H,5-6H2,(H,10,12,13);2*1H/t8-;;/m1../s1. The predicted molar refractivity (Wildman–Crippen MR) is 71.6 cm³/mol. The lowest BCUT2D eigenvalue weighted by molar-refractivity contribution is -0.117. The van der Waals surface area contributed by atoms with Crippen LogP contribution in [0.5, 0.6) is 0 Å². The number of nitrogens with zero attached hydrogens (tertiary/aromatic N) is 1. The molecule has 1 fully saturated rings. The van der Waals surface area contributed by atoms with Gasteiger partial charge in [0, 0.05) is 29.7 Å². The van der Waals surface area contributed by atoms with E-state index in [-0.39, 0.29) is 36.8 Å². The lowest BCUT2D eigenvalue weighted by Crippen LogP contribution is -2.37. The molecule has 1 aliphatic rings. The minimum absolute atomic E-state index is 0. The van der Waals surface area contributed by atoms with E-state index in [9.17, 15) is 4.79 Å². The zero-order chi connectivity index (χ0) is 9.80. The molecule has 1 aliphatic heterocycles. The average molecular weight is 282 g/mol. The molecule has 0 unspecified atom stereocenters. The minimum atomic E-state index is -0.0619. The molecule has 1 aromatic rings. The van der Waals surface area contributed by atoms with Gasteiger partial charge < -0.3 is 5.32 Å². The van der Waals surface area contributed by atoms with Gasteiger partial charge in [-0.1, -0.05) is 0 Å². The van der Waals surface area contributed by atoms with E-state index >= 15 is 0 Å². The van der Waals surface area contributed by atoms with Gasteiger partial charge in [-0.25, -0.2) is 0 Å². The van der Waals surface area contributed by atoms with Gasteiger partial charge in [-0.2, -0.15) is 0 Å². The molecule has 1 aromatic heterocycles. The summed E-state index contributed by atoms with van der Waals surface area (Å²) in [5.41, 5.74) is 0.795. The first kappa shape index (κ1) is 15.5. The minimum Gasteiger partial charge on any atom is -0.325 e. The third-order valence-electron chi connectivity index (χ3n) is 1.98. The fourth-order valence-corrected chi connectivity index (χ4v) is 2.17. The number of hydrogen-bond acceptors (Lipinski definition) is 4. The Hall–Kier alpha value is -0.490. The van der Waals surface area contributed by atoms with Gasteiger partial charge in [0.25, 0.3) is 0 Å². The number of hydrogen-bond donors (Lipinski definition) is 2. The molecule has 0 spiro atoms. The molecule has 90 valence electrons. The van der Waals surface area contributed by atoms with E-state index in [1.54, 1.807) is 36.3 Å². The average Bonchev–Trinajstić information content (AvgIpc) is 2.72. The maximum Gasteiger partial charge on any atom is 0.242 e. The lowest BCUT2D eigenvalue weighted by Gasteiger charge is -2.09. The third kappa shape index (κ3) is 4.17. The number of carbonyl (C=O) groups excluding carboxylic acids is 1. The van der Waals surface area contributed by atoms with Gasteiger partial charge in [-0.05, 0) is 12.1 Å². The topological polar surface area (TPSA) is 54.0 Å². The first-order chi connectivity index (χ1) is 6.86. The van der Waals surface area contributed by atoms with E-state index in [0.29, 0.717) is 0 Å². The van der Waals surface area contributed by atoms with E-state index in [1.807, 2.05) is 0 Å². The van der Waals surface area contributed by atoms with Crippen LogP contribution in [-0.2, 0) is 4.79 Å². The molecule has 1 amide bonds.